The van der Waals surface area contributed by atoms with E-state index in [0.717, 1.165) is 43.0 Å². The zero-order valence-electron chi connectivity index (χ0n) is 11.3. The van der Waals surface area contributed by atoms with Crippen LogP contribution in [-0.4, -0.2) is 44.7 Å². The maximum atomic E-state index is 5.69. The molecular weight excluding hydrogens is 292 g/mol. The summed E-state index contributed by atoms with van der Waals surface area (Å²) in [7, 11) is 2.12. The highest BCUT2D eigenvalue weighted by molar-refractivity contribution is 9.10. The van der Waals surface area contributed by atoms with Gasteiger partial charge in [-0.05, 0) is 38.2 Å². The molecule has 102 valence electrons. The fourth-order valence-corrected chi connectivity index (χ4v) is 1.94. The van der Waals surface area contributed by atoms with Crippen LogP contribution in [0.5, 0.6) is 5.75 Å². The number of hydrogen-bond acceptors (Lipinski definition) is 3. The van der Waals surface area contributed by atoms with Crippen molar-refractivity contribution in [2.24, 2.45) is 0 Å². The molecule has 0 radical (unpaired) electrons. The molecule has 0 aliphatic heterocycles. The van der Waals surface area contributed by atoms with Crippen LogP contribution < -0.4 is 10.1 Å². The smallest absolute Gasteiger partial charge is 0.120 e. The van der Waals surface area contributed by atoms with Crippen LogP contribution in [-0.2, 0) is 0 Å². The maximum Gasteiger partial charge on any atom is 0.120 e. The Bertz CT molecular complexity index is 333. The molecule has 0 saturated heterocycles. The van der Waals surface area contributed by atoms with Gasteiger partial charge in [0, 0.05) is 24.1 Å². The lowest BCUT2D eigenvalue weighted by Gasteiger charge is -2.17. The molecule has 0 spiro atoms. The van der Waals surface area contributed by atoms with E-state index in [1.165, 1.54) is 6.42 Å². The van der Waals surface area contributed by atoms with Gasteiger partial charge >= 0.3 is 0 Å². The Balaban J connectivity index is 2.09. The molecule has 1 N–H and O–H groups in total. The molecule has 4 heteroatoms. The number of halogens is 1. The van der Waals surface area contributed by atoms with Crippen molar-refractivity contribution >= 4 is 15.9 Å². The molecule has 18 heavy (non-hydrogen) atoms. The highest BCUT2D eigenvalue weighted by atomic mass is 79.9. The second kappa shape index (κ2) is 9.36. The van der Waals surface area contributed by atoms with Crippen molar-refractivity contribution in [1.82, 2.24) is 10.2 Å². The van der Waals surface area contributed by atoms with Gasteiger partial charge in [-0.1, -0.05) is 28.9 Å². The van der Waals surface area contributed by atoms with Gasteiger partial charge in [-0.3, -0.25) is 0 Å². The van der Waals surface area contributed by atoms with E-state index >= 15 is 0 Å². The normalized spacial score (nSPS) is 10.9. The van der Waals surface area contributed by atoms with Gasteiger partial charge < -0.3 is 15.0 Å². The van der Waals surface area contributed by atoms with E-state index in [9.17, 15) is 0 Å². The van der Waals surface area contributed by atoms with Crippen LogP contribution in [0.3, 0.4) is 0 Å². The van der Waals surface area contributed by atoms with Gasteiger partial charge in [0.1, 0.15) is 12.4 Å². The predicted octanol–water partition coefficient (Wildman–Crippen LogP) is 2.76. The fourth-order valence-electron chi connectivity index (χ4n) is 1.56. The van der Waals surface area contributed by atoms with Gasteiger partial charge in [-0.25, -0.2) is 0 Å². The standard InChI is InChI=1S/C14H23BrN2O/c1-3-7-16-8-9-17(2)10-11-18-14-6-4-5-13(15)12-14/h4-6,12,16H,3,7-11H2,1-2H3. The number of hydrogen-bond donors (Lipinski definition) is 1. The third-order valence-electron chi connectivity index (χ3n) is 2.63. The van der Waals surface area contributed by atoms with E-state index in [-0.39, 0.29) is 0 Å². The molecule has 0 aliphatic carbocycles. The summed E-state index contributed by atoms with van der Waals surface area (Å²) >= 11 is 3.43. The van der Waals surface area contributed by atoms with Crippen molar-refractivity contribution in [3.05, 3.63) is 28.7 Å². The van der Waals surface area contributed by atoms with E-state index in [2.05, 4.69) is 40.1 Å². The number of nitrogens with zero attached hydrogens (tertiary/aromatic N) is 1. The SMILES string of the molecule is CCCNCCN(C)CCOc1cccc(Br)c1. The summed E-state index contributed by atoms with van der Waals surface area (Å²) < 4.78 is 6.75. The molecule has 1 aromatic carbocycles. The molecule has 0 amide bonds. The zero-order valence-corrected chi connectivity index (χ0v) is 12.9. The topological polar surface area (TPSA) is 24.5 Å². The molecule has 0 heterocycles. The van der Waals surface area contributed by atoms with Crippen molar-refractivity contribution in [2.45, 2.75) is 13.3 Å². The van der Waals surface area contributed by atoms with Crippen molar-refractivity contribution < 1.29 is 4.74 Å². The number of likely N-dealkylation sites (N-methyl/N-ethyl adjacent to an activating group) is 1. The minimum Gasteiger partial charge on any atom is -0.492 e. The number of ether oxygens (including phenoxy) is 1. The molecule has 0 fully saturated rings. The highest BCUT2D eigenvalue weighted by Gasteiger charge is 1.99. The van der Waals surface area contributed by atoms with E-state index in [1.54, 1.807) is 0 Å². The number of benzene rings is 1. The van der Waals surface area contributed by atoms with Crippen molar-refractivity contribution in [2.75, 3.05) is 39.8 Å². The van der Waals surface area contributed by atoms with Gasteiger partial charge in [0.05, 0.1) is 0 Å². The second-order valence-corrected chi connectivity index (χ2v) is 5.27. The first-order chi connectivity index (χ1) is 8.72. The van der Waals surface area contributed by atoms with Crippen LogP contribution in [0.1, 0.15) is 13.3 Å². The van der Waals surface area contributed by atoms with Crippen LogP contribution >= 0.6 is 15.9 Å². The molecule has 0 aliphatic rings. The third kappa shape index (κ3) is 6.99. The number of rotatable bonds is 9. The molecule has 1 aromatic rings. The Kier molecular flexibility index (Phi) is 8.05. The lowest BCUT2D eigenvalue weighted by atomic mass is 10.3. The summed E-state index contributed by atoms with van der Waals surface area (Å²) in [5.74, 6) is 0.918. The molecule has 0 aromatic heterocycles. The fraction of sp³-hybridized carbons (Fsp3) is 0.571. The van der Waals surface area contributed by atoms with E-state index < -0.39 is 0 Å². The van der Waals surface area contributed by atoms with E-state index in [1.807, 2.05) is 24.3 Å². The summed E-state index contributed by atoms with van der Waals surface area (Å²) in [5, 5.41) is 3.39. The zero-order chi connectivity index (χ0) is 13.2. The summed E-state index contributed by atoms with van der Waals surface area (Å²) in [6.45, 7) is 7.05. The Hall–Kier alpha value is -0.580. The van der Waals surface area contributed by atoms with Crippen molar-refractivity contribution in [1.29, 1.82) is 0 Å². The van der Waals surface area contributed by atoms with Crippen LogP contribution in [0, 0.1) is 0 Å². The average molecular weight is 315 g/mol. The second-order valence-electron chi connectivity index (χ2n) is 4.36. The first kappa shape index (κ1) is 15.5. The van der Waals surface area contributed by atoms with Gasteiger partial charge in [0.2, 0.25) is 0 Å². The summed E-state index contributed by atoms with van der Waals surface area (Å²) in [6.07, 6.45) is 1.19. The molecule has 0 unspecified atom stereocenters. The lowest BCUT2D eigenvalue weighted by Crippen LogP contribution is -2.32. The predicted molar refractivity (Wildman–Crippen MR) is 80.3 cm³/mol. The molecule has 3 nitrogen and oxygen atoms in total. The Labute approximate surface area is 119 Å². The quantitative estimate of drug-likeness (QED) is 0.709. The van der Waals surface area contributed by atoms with Gasteiger partial charge in [0.25, 0.3) is 0 Å². The minimum atomic E-state index is 0.723. The molecular formula is C14H23BrN2O. The monoisotopic (exact) mass is 314 g/mol. The lowest BCUT2D eigenvalue weighted by molar-refractivity contribution is 0.237. The molecule has 1 rings (SSSR count). The maximum absolute atomic E-state index is 5.69. The first-order valence-corrected chi connectivity index (χ1v) is 7.29. The van der Waals surface area contributed by atoms with Crippen LogP contribution in [0.25, 0.3) is 0 Å². The molecule has 0 saturated carbocycles. The third-order valence-corrected chi connectivity index (χ3v) is 3.13. The van der Waals surface area contributed by atoms with E-state index in [4.69, 9.17) is 4.74 Å². The molecule has 0 bridgehead atoms. The van der Waals surface area contributed by atoms with Crippen LogP contribution in [0.2, 0.25) is 0 Å². The summed E-state index contributed by atoms with van der Waals surface area (Å²) in [6, 6.07) is 7.95. The first-order valence-electron chi connectivity index (χ1n) is 6.50. The van der Waals surface area contributed by atoms with Gasteiger partial charge in [-0.2, -0.15) is 0 Å². The van der Waals surface area contributed by atoms with Gasteiger partial charge in [-0.15, -0.1) is 0 Å². The van der Waals surface area contributed by atoms with Gasteiger partial charge in [0.15, 0.2) is 0 Å². The Morgan fingerprint density at radius 2 is 2.11 bits per heavy atom. The Morgan fingerprint density at radius 1 is 1.28 bits per heavy atom. The average Bonchev–Trinajstić information content (AvgIpc) is 2.35. The van der Waals surface area contributed by atoms with Crippen molar-refractivity contribution in [3.8, 4) is 5.75 Å². The highest BCUT2D eigenvalue weighted by Crippen LogP contribution is 2.17. The van der Waals surface area contributed by atoms with Crippen LogP contribution in [0.15, 0.2) is 28.7 Å². The molecule has 0 atom stereocenters. The Morgan fingerprint density at radius 3 is 2.83 bits per heavy atom. The van der Waals surface area contributed by atoms with E-state index in [0.29, 0.717) is 0 Å². The minimum absolute atomic E-state index is 0.723. The summed E-state index contributed by atoms with van der Waals surface area (Å²) in [4.78, 5) is 2.28. The summed E-state index contributed by atoms with van der Waals surface area (Å²) in [5.41, 5.74) is 0. The largest absolute Gasteiger partial charge is 0.492 e. The number of nitrogens with one attached hydrogen (secondary N) is 1. The van der Waals surface area contributed by atoms with Crippen molar-refractivity contribution in [3.63, 3.8) is 0 Å². The van der Waals surface area contributed by atoms with Crippen LogP contribution in [0.4, 0.5) is 0 Å².